The molecule has 0 radical (unpaired) electrons. The molecule has 0 aromatic rings. The van der Waals surface area contributed by atoms with E-state index in [-0.39, 0.29) is 24.7 Å². The average Bonchev–Trinajstić information content (AvgIpc) is 2.58. The topological polar surface area (TPSA) is 128 Å². The van der Waals surface area contributed by atoms with Gasteiger partial charge in [-0.05, 0) is 18.8 Å². The number of esters is 1. The van der Waals surface area contributed by atoms with Gasteiger partial charge in [-0.25, -0.2) is 4.79 Å². The number of carbonyl (C=O) groups excluding carboxylic acids is 4. The number of methoxy groups -OCH3 is 1. The zero-order valence-corrected chi connectivity index (χ0v) is 17.0. The van der Waals surface area contributed by atoms with Gasteiger partial charge in [0.05, 0.1) is 13.5 Å². The van der Waals surface area contributed by atoms with Gasteiger partial charge in [0.15, 0.2) is 0 Å². The van der Waals surface area contributed by atoms with Crippen LogP contribution < -0.4 is 16.4 Å². The maximum absolute atomic E-state index is 12.5. The fraction of sp³-hybridized carbons (Fsp3) is 0.789. The molecule has 0 heterocycles. The van der Waals surface area contributed by atoms with Crippen molar-refractivity contribution in [3.8, 4) is 0 Å². The van der Waals surface area contributed by atoms with E-state index in [4.69, 9.17) is 10.5 Å². The first-order chi connectivity index (χ1) is 12.7. The largest absolute Gasteiger partial charge is 0.467 e. The van der Waals surface area contributed by atoms with Crippen molar-refractivity contribution in [2.45, 2.75) is 84.2 Å². The van der Waals surface area contributed by atoms with Crippen LogP contribution in [-0.4, -0.2) is 42.9 Å². The molecule has 8 heteroatoms. The summed E-state index contributed by atoms with van der Waals surface area (Å²) in [5.74, 6) is -2.08. The summed E-state index contributed by atoms with van der Waals surface area (Å²) in [7, 11) is 1.24. The van der Waals surface area contributed by atoms with Crippen LogP contribution in [0.2, 0.25) is 0 Å². The highest BCUT2D eigenvalue weighted by Gasteiger charge is 2.28. The second kappa shape index (κ2) is 14.0. The maximum atomic E-state index is 12.5. The minimum absolute atomic E-state index is 0.140. The van der Waals surface area contributed by atoms with E-state index in [0.29, 0.717) is 6.42 Å². The summed E-state index contributed by atoms with van der Waals surface area (Å²) in [6.45, 7) is 5.92. The van der Waals surface area contributed by atoms with E-state index in [0.717, 1.165) is 32.1 Å². The normalized spacial score (nSPS) is 12.9. The smallest absolute Gasteiger partial charge is 0.328 e. The van der Waals surface area contributed by atoms with Crippen LogP contribution in [0.4, 0.5) is 0 Å². The Morgan fingerprint density at radius 2 is 1.59 bits per heavy atom. The Morgan fingerprint density at radius 3 is 2.11 bits per heavy atom. The van der Waals surface area contributed by atoms with Gasteiger partial charge in [-0.1, -0.05) is 46.5 Å². The van der Waals surface area contributed by atoms with Crippen molar-refractivity contribution in [3.63, 3.8) is 0 Å². The van der Waals surface area contributed by atoms with E-state index in [9.17, 15) is 19.2 Å². The number of nitrogens with one attached hydrogen (secondary N) is 2. The van der Waals surface area contributed by atoms with Crippen LogP contribution in [-0.2, 0) is 23.9 Å². The molecule has 156 valence electrons. The van der Waals surface area contributed by atoms with Crippen LogP contribution in [0.5, 0.6) is 0 Å². The number of ether oxygens (including phenoxy) is 1. The van der Waals surface area contributed by atoms with Gasteiger partial charge in [-0.15, -0.1) is 0 Å². The molecular formula is C19H35N3O5. The maximum Gasteiger partial charge on any atom is 0.328 e. The molecule has 0 unspecified atom stereocenters. The summed E-state index contributed by atoms with van der Waals surface area (Å²) in [5, 5.41) is 5.11. The van der Waals surface area contributed by atoms with Crippen LogP contribution in [0.25, 0.3) is 0 Å². The summed E-state index contributed by atoms with van der Waals surface area (Å²) >= 11 is 0. The lowest BCUT2D eigenvalue weighted by Crippen LogP contribution is -2.53. The lowest BCUT2D eigenvalue weighted by atomic mass is 10.0. The van der Waals surface area contributed by atoms with Gasteiger partial charge in [0.25, 0.3) is 0 Å². The minimum Gasteiger partial charge on any atom is -0.467 e. The highest BCUT2D eigenvalue weighted by Crippen LogP contribution is 2.08. The molecule has 8 nitrogen and oxygen atoms in total. The second-order valence-electron chi connectivity index (χ2n) is 7.17. The number of rotatable bonds is 14. The Morgan fingerprint density at radius 1 is 0.963 bits per heavy atom. The van der Waals surface area contributed by atoms with Crippen LogP contribution in [0.3, 0.4) is 0 Å². The van der Waals surface area contributed by atoms with E-state index in [2.05, 4.69) is 17.6 Å². The molecule has 27 heavy (non-hydrogen) atoms. The molecule has 0 aliphatic carbocycles. The van der Waals surface area contributed by atoms with Crippen LogP contribution in [0.1, 0.15) is 72.1 Å². The van der Waals surface area contributed by atoms with Crippen molar-refractivity contribution >= 4 is 23.7 Å². The molecule has 0 bridgehead atoms. The van der Waals surface area contributed by atoms with Gasteiger partial charge in [0.1, 0.15) is 12.1 Å². The van der Waals surface area contributed by atoms with Crippen molar-refractivity contribution in [2.75, 3.05) is 7.11 Å². The Labute approximate surface area is 162 Å². The molecule has 0 aliphatic heterocycles. The second-order valence-corrected chi connectivity index (χ2v) is 7.17. The third kappa shape index (κ3) is 12.0. The first-order valence-corrected chi connectivity index (χ1v) is 9.67. The van der Waals surface area contributed by atoms with Crippen molar-refractivity contribution in [1.29, 1.82) is 0 Å². The summed E-state index contributed by atoms with van der Waals surface area (Å²) in [4.78, 5) is 47.7. The Hall–Kier alpha value is -2.12. The highest BCUT2D eigenvalue weighted by atomic mass is 16.5. The number of primary amides is 1. The molecule has 0 fully saturated rings. The molecule has 0 aromatic heterocycles. The predicted octanol–water partition coefficient (Wildman–Crippen LogP) is 1.41. The molecule has 0 rings (SSSR count). The van der Waals surface area contributed by atoms with Gasteiger partial charge in [0, 0.05) is 6.42 Å². The van der Waals surface area contributed by atoms with Crippen LogP contribution in [0.15, 0.2) is 0 Å². The third-order valence-electron chi connectivity index (χ3n) is 4.07. The molecule has 0 saturated heterocycles. The lowest BCUT2D eigenvalue weighted by molar-refractivity contribution is -0.146. The molecule has 4 N–H and O–H groups in total. The number of carbonyl (C=O) groups is 4. The van der Waals surface area contributed by atoms with Gasteiger partial charge in [0.2, 0.25) is 17.7 Å². The van der Waals surface area contributed by atoms with Crippen LogP contribution >= 0.6 is 0 Å². The molecular weight excluding hydrogens is 350 g/mol. The summed E-state index contributed by atoms with van der Waals surface area (Å²) in [6, 6.07) is -1.95. The van der Waals surface area contributed by atoms with Gasteiger partial charge in [-0.2, -0.15) is 0 Å². The van der Waals surface area contributed by atoms with E-state index in [1.54, 1.807) is 0 Å². The quantitative estimate of drug-likeness (QED) is 0.308. The zero-order valence-electron chi connectivity index (χ0n) is 17.0. The third-order valence-corrected chi connectivity index (χ3v) is 4.07. The van der Waals surface area contributed by atoms with Crippen LogP contribution in [0, 0.1) is 5.92 Å². The Bertz CT molecular complexity index is 494. The van der Waals surface area contributed by atoms with Crippen molar-refractivity contribution < 1.29 is 23.9 Å². The monoisotopic (exact) mass is 385 g/mol. The highest BCUT2D eigenvalue weighted by molar-refractivity contribution is 5.93. The molecule has 2 atom stereocenters. The number of nitrogens with two attached hydrogens (primary N) is 1. The van der Waals surface area contributed by atoms with Gasteiger partial charge in [-0.3, -0.25) is 14.4 Å². The number of hydrogen-bond donors (Lipinski definition) is 3. The molecule has 3 amide bonds. The number of amides is 3. The van der Waals surface area contributed by atoms with Crippen molar-refractivity contribution in [1.82, 2.24) is 10.6 Å². The minimum atomic E-state index is -1.11. The van der Waals surface area contributed by atoms with E-state index in [1.165, 1.54) is 7.11 Å². The Balaban J connectivity index is 4.79. The zero-order chi connectivity index (χ0) is 20.8. The molecule has 0 aromatic carbocycles. The van der Waals surface area contributed by atoms with Crippen molar-refractivity contribution in [2.24, 2.45) is 11.7 Å². The van der Waals surface area contributed by atoms with Gasteiger partial charge >= 0.3 is 5.97 Å². The molecule has 0 aliphatic rings. The lowest BCUT2D eigenvalue weighted by Gasteiger charge is -2.22. The Kier molecular flexibility index (Phi) is 12.9. The first-order valence-electron chi connectivity index (χ1n) is 9.67. The number of unbranched alkanes of at least 4 members (excludes halogenated alkanes) is 4. The number of hydrogen-bond acceptors (Lipinski definition) is 5. The van der Waals surface area contributed by atoms with E-state index < -0.39 is 29.9 Å². The van der Waals surface area contributed by atoms with Gasteiger partial charge < -0.3 is 21.1 Å². The summed E-state index contributed by atoms with van der Waals surface area (Å²) < 4.78 is 4.71. The first kappa shape index (κ1) is 24.9. The SMILES string of the molecule is CCCCCCCC(=O)N[C@H](CC(N)=O)C(=O)N[C@@H](CC(C)C)C(=O)OC. The average molecular weight is 386 g/mol. The fourth-order valence-electron chi connectivity index (χ4n) is 2.67. The summed E-state index contributed by atoms with van der Waals surface area (Å²) in [6.07, 6.45) is 5.28. The fourth-order valence-corrected chi connectivity index (χ4v) is 2.67. The van der Waals surface area contributed by atoms with Crippen molar-refractivity contribution in [3.05, 3.63) is 0 Å². The molecule has 0 saturated carbocycles. The van der Waals surface area contributed by atoms with E-state index in [1.807, 2.05) is 13.8 Å². The standard InChI is InChI=1S/C19H35N3O5/c1-5-6-7-8-9-10-17(24)21-14(12-16(20)23)18(25)22-15(11-13(2)3)19(26)27-4/h13-15H,5-12H2,1-4H3,(H2,20,23)(H,21,24)(H,22,25)/t14-,15+/m1/s1. The van der Waals surface area contributed by atoms with E-state index >= 15 is 0 Å². The molecule has 0 spiro atoms. The predicted molar refractivity (Wildman–Crippen MR) is 103 cm³/mol. The summed E-state index contributed by atoms with van der Waals surface area (Å²) in [5.41, 5.74) is 5.20.